The van der Waals surface area contributed by atoms with Crippen LogP contribution in [0.1, 0.15) is 28.4 Å². The van der Waals surface area contributed by atoms with Crippen molar-refractivity contribution < 1.29 is 9.59 Å². The van der Waals surface area contributed by atoms with E-state index >= 15 is 0 Å². The molecule has 5 nitrogen and oxygen atoms in total. The quantitative estimate of drug-likeness (QED) is 0.472. The van der Waals surface area contributed by atoms with Gasteiger partial charge in [0.05, 0.1) is 33.3 Å². The van der Waals surface area contributed by atoms with E-state index in [1.54, 1.807) is 24.3 Å². The first-order valence-corrected chi connectivity index (χ1v) is 10.9. The zero-order chi connectivity index (χ0) is 21.8. The van der Waals surface area contributed by atoms with Crippen molar-refractivity contribution in [2.24, 2.45) is 12.0 Å². The molecule has 4 aromatic rings. The molecule has 0 radical (unpaired) electrons. The van der Waals surface area contributed by atoms with E-state index in [9.17, 15) is 9.59 Å². The number of benzene rings is 3. The van der Waals surface area contributed by atoms with Crippen LogP contribution in [-0.2, 0) is 11.8 Å². The van der Waals surface area contributed by atoms with Crippen LogP contribution in [-0.4, -0.2) is 16.4 Å². The van der Waals surface area contributed by atoms with Gasteiger partial charge < -0.3 is 9.88 Å². The smallest absolute Gasteiger partial charge is 0.253 e. The highest BCUT2D eigenvalue weighted by atomic mass is 35.5. The molecule has 4 rings (SSSR count). The highest BCUT2D eigenvalue weighted by Crippen LogP contribution is 2.21. The van der Waals surface area contributed by atoms with Gasteiger partial charge in [-0.15, -0.1) is 0 Å². The van der Waals surface area contributed by atoms with E-state index in [0.29, 0.717) is 15.4 Å². The van der Waals surface area contributed by atoms with Crippen LogP contribution in [0.25, 0.3) is 10.2 Å². The lowest BCUT2D eigenvalue weighted by atomic mass is 10.0. The number of carbonyl (C=O) groups excluding carboxylic acids is 2. The van der Waals surface area contributed by atoms with Gasteiger partial charge in [-0.2, -0.15) is 4.99 Å². The number of halogens is 1. The van der Waals surface area contributed by atoms with Crippen LogP contribution in [0.2, 0.25) is 5.02 Å². The fraction of sp³-hybridized carbons (Fsp3) is 0.125. The lowest BCUT2D eigenvalue weighted by molar-refractivity contribution is -0.118. The molecule has 1 N–H and O–H groups in total. The molecule has 0 spiro atoms. The van der Waals surface area contributed by atoms with Gasteiger partial charge in [0, 0.05) is 7.05 Å². The summed E-state index contributed by atoms with van der Waals surface area (Å²) < 4.78 is 2.96. The summed E-state index contributed by atoms with van der Waals surface area (Å²) >= 11 is 7.63. The standard InChI is InChI=1S/C24H20ClN3O2S/c1-28-20-13-7-8-14-21(20)31-24(28)27-22(29)15-19(16-9-3-2-4-10-16)26-23(30)17-11-5-6-12-18(17)25/h2-14,19H,15H2,1H3,(H,26,30)/t19-/m0/s1. The Morgan fingerprint density at radius 1 is 1.00 bits per heavy atom. The fourth-order valence-electron chi connectivity index (χ4n) is 3.33. The molecule has 0 aliphatic carbocycles. The Kier molecular flexibility index (Phi) is 6.30. The Labute approximate surface area is 188 Å². The maximum atomic E-state index is 12.9. The van der Waals surface area contributed by atoms with E-state index in [1.807, 2.05) is 66.2 Å². The molecule has 0 aliphatic rings. The molecule has 0 saturated carbocycles. The molecule has 0 aliphatic heterocycles. The summed E-state index contributed by atoms with van der Waals surface area (Å²) in [5.74, 6) is -0.643. The van der Waals surface area contributed by atoms with Crippen molar-refractivity contribution in [3.05, 3.63) is 99.8 Å². The summed E-state index contributed by atoms with van der Waals surface area (Å²) in [5, 5.41) is 3.30. The number of thiazole rings is 1. The molecule has 31 heavy (non-hydrogen) atoms. The second-order valence-electron chi connectivity index (χ2n) is 7.04. The molecule has 3 aromatic carbocycles. The lowest BCUT2D eigenvalue weighted by Gasteiger charge is -2.18. The average Bonchev–Trinajstić information content (AvgIpc) is 3.09. The minimum Gasteiger partial charge on any atom is -0.345 e. The molecular weight excluding hydrogens is 430 g/mol. The third-order valence-corrected chi connectivity index (χ3v) is 6.38. The highest BCUT2D eigenvalue weighted by Gasteiger charge is 2.20. The first-order valence-electron chi connectivity index (χ1n) is 9.75. The zero-order valence-electron chi connectivity index (χ0n) is 16.8. The van der Waals surface area contributed by atoms with Crippen molar-refractivity contribution in [1.29, 1.82) is 0 Å². The Morgan fingerprint density at radius 2 is 1.68 bits per heavy atom. The van der Waals surface area contributed by atoms with Crippen molar-refractivity contribution >= 4 is 45.0 Å². The number of carbonyl (C=O) groups is 2. The molecule has 0 unspecified atom stereocenters. The number of hydrogen-bond acceptors (Lipinski definition) is 3. The van der Waals surface area contributed by atoms with Crippen molar-refractivity contribution in [3.63, 3.8) is 0 Å². The predicted octanol–water partition coefficient (Wildman–Crippen LogP) is 4.88. The van der Waals surface area contributed by atoms with Gasteiger partial charge in [-0.05, 0) is 29.8 Å². The molecule has 1 aromatic heterocycles. The first-order chi connectivity index (χ1) is 15.0. The van der Waals surface area contributed by atoms with E-state index in [4.69, 9.17) is 11.6 Å². The minimum absolute atomic E-state index is 0.0362. The van der Waals surface area contributed by atoms with E-state index in [-0.39, 0.29) is 18.2 Å². The van der Waals surface area contributed by atoms with Gasteiger partial charge in [-0.3, -0.25) is 9.59 Å². The fourth-order valence-corrected chi connectivity index (χ4v) is 4.59. The number of rotatable bonds is 5. The third-order valence-electron chi connectivity index (χ3n) is 4.94. The summed E-state index contributed by atoms with van der Waals surface area (Å²) in [6.45, 7) is 0. The van der Waals surface area contributed by atoms with Gasteiger partial charge in [0.25, 0.3) is 11.8 Å². The predicted molar refractivity (Wildman–Crippen MR) is 124 cm³/mol. The van der Waals surface area contributed by atoms with Gasteiger partial charge in [0.2, 0.25) is 0 Å². The van der Waals surface area contributed by atoms with Crippen LogP contribution < -0.4 is 10.1 Å². The van der Waals surface area contributed by atoms with Crippen molar-refractivity contribution in [3.8, 4) is 0 Å². The number of aromatic nitrogens is 1. The van der Waals surface area contributed by atoms with Crippen LogP contribution in [0.4, 0.5) is 0 Å². The maximum absolute atomic E-state index is 12.9. The Morgan fingerprint density at radius 3 is 2.42 bits per heavy atom. The van der Waals surface area contributed by atoms with E-state index in [0.717, 1.165) is 15.8 Å². The molecule has 156 valence electrons. The normalized spacial score (nSPS) is 12.6. The third kappa shape index (κ3) is 4.76. The van der Waals surface area contributed by atoms with Gasteiger partial charge in [0.1, 0.15) is 0 Å². The zero-order valence-corrected chi connectivity index (χ0v) is 18.4. The van der Waals surface area contributed by atoms with Crippen LogP contribution in [0, 0.1) is 0 Å². The summed E-state index contributed by atoms with van der Waals surface area (Å²) in [7, 11) is 1.89. The van der Waals surface area contributed by atoms with Crippen molar-refractivity contribution in [2.45, 2.75) is 12.5 Å². The Bertz CT molecular complexity index is 1310. The summed E-state index contributed by atoms with van der Waals surface area (Å²) in [6, 6.07) is 23.6. The van der Waals surface area contributed by atoms with E-state index in [1.165, 1.54) is 11.3 Å². The summed E-state index contributed by atoms with van der Waals surface area (Å²) in [6.07, 6.45) is 0.0362. The molecule has 1 heterocycles. The second kappa shape index (κ2) is 9.29. The number of amides is 2. The van der Waals surface area contributed by atoms with Gasteiger partial charge >= 0.3 is 0 Å². The van der Waals surface area contributed by atoms with Crippen LogP contribution in [0.15, 0.2) is 83.9 Å². The Balaban J connectivity index is 1.61. The average molecular weight is 450 g/mol. The molecule has 2 amide bonds. The molecule has 1 atom stereocenters. The number of hydrogen-bond donors (Lipinski definition) is 1. The van der Waals surface area contributed by atoms with E-state index in [2.05, 4.69) is 10.3 Å². The Hall–Kier alpha value is -3.22. The number of nitrogens with zero attached hydrogens (tertiary/aromatic N) is 2. The minimum atomic E-state index is -0.527. The van der Waals surface area contributed by atoms with Crippen molar-refractivity contribution in [1.82, 2.24) is 9.88 Å². The number of nitrogens with one attached hydrogen (secondary N) is 1. The number of aryl methyl sites for hydroxylation is 1. The topological polar surface area (TPSA) is 63.5 Å². The summed E-state index contributed by atoms with van der Waals surface area (Å²) in [4.78, 5) is 30.6. The van der Waals surface area contributed by atoms with Gasteiger partial charge in [-0.25, -0.2) is 0 Å². The van der Waals surface area contributed by atoms with E-state index < -0.39 is 6.04 Å². The molecule has 0 saturated heterocycles. The van der Waals surface area contributed by atoms with Crippen molar-refractivity contribution in [2.75, 3.05) is 0 Å². The number of para-hydroxylation sites is 1. The molecule has 0 fully saturated rings. The molecular formula is C24H20ClN3O2S. The first kappa shape index (κ1) is 21.0. The number of fused-ring (bicyclic) bond motifs is 1. The van der Waals surface area contributed by atoms with Crippen LogP contribution in [0.3, 0.4) is 0 Å². The SMILES string of the molecule is Cn1c(=NC(=O)C[C@H](NC(=O)c2ccccc2Cl)c2ccccc2)sc2ccccc21. The van der Waals surface area contributed by atoms with Crippen LogP contribution in [0.5, 0.6) is 0 Å². The maximum Gasteiger partial charge on any atom is 0.253 e. The molecule has 0 bridgehead atoms. The molecule has 7 heteroatoms. The largest absolute Gasteiger partial charge is 0.345 e. The summed E-state index contributed by atoms with van der Waals surface area (Å²) in [5.41, 5.74) is 2.21. The second-order valence-corrected chi connectivity index (χ2v) is 8.45. The highest BCUT2D eigenvalue weighted by molar-refractivity contribution is 7.16. The lowest BCUT2D eigenvalue weighted by Crippen LogP contribution is -2.30. The van der Waals surface area contributed by atoms with Crippen LogP contribution >= 0.6 is 22.9 Å². The monoisotopic (exact) mass is 449 g/mol. The van der Waals surface area contributed by atoms with Gasteiger partial charge in [0.15, 0.2) is 4.80 Å². The van der Waals surface area contributed by atoms with Gasteiger partial charge in [-0.1, -0.05) is 77.5 Å².